The Morgan fingerprint density at radius 2 is 0.887 bits per heavy atom. The molecule has 330 valence electrons. The van der Waals surface area contributed by atoms with Crippen LogP contribution in [0.3, 0.4) is 0 Å². The summed E-state index contributed by atoms with van der Waals surface area (Å²) in [6, 6.07) is 7.29. The van der Waals surface area contributed by atoms with Crippen molar-refractivity contribution in [1.82, 2.24) is 19.9 Å². The summed E-state index contributed by atoms with van der Waals surface area (Å²) in [7, 11) is 7.80. The van der Waals surface area contributed by atoms with Crippen LogP contribution in [0.15, 0.2) is 36.4 Å². The molecule has 0 aromatic carbocycles. The number of fused-ring (bicyclic) bond motifs is 8. The molecule has 0 fully saturated rings. The molecular formula is C46H54N4O12. The maximum absolute atomic E-state index is 13.3. The molecule has 16 nitrogen and oxygen atoms in total. The molecule has 0 amide bonds. The van der Waals surface area contributed by atoms with E-state index in [9.17, 15) is 28.8 Å². The van der Waals surface area contributed by atoms with Crippen molar-refractivity contribution in [2.45, 2.75) is 89.9 Å². The lowest BCUT2D eigenvalue weighted by Crippen LogP contribution is -2.26. The second-order valence-electron chi connectivity index (χ2n) is 15.6. The van der Waals surface area contributed by atoms with Gasteiger partial charge in [0.1, 0.15) is 0 Å². The molecule has 0 radical (unpaired) electrons. The first kappa shape index (κ1) is 46.5. The average molecular weight is 855 g/mol. The van der Waals surface area contributed by atoms with Gasteiger partial charge in [-0.3, -0.25) is 38.7 Å². The van der Waals surface area contributed by atoms with Crippen LogP contribution in [0.4, 0.5) is 0 Å². The topological polar surface area (TPSA) is 215 Å². The first-order valence-electron chi connectivity index (χ1n) is 20.0. The van der Waals surface area contributed by atoms with Gasteiger partial charge in [0.2, 0.25) is 0 Å². The Morgan fingerprint density at radius 3 is 1.29 bits per heavy atom. The van der Waals surface area contributed by atoms with Gasteiger partial charge in [-0.25, -0.2) is 0 Å². The molecule has 5 heterocycles. The van der Waals surface area contributed by atoms with E-state index in [2.05, 4.69) is 9.97 Å². The van der Waals surface area contributed by atoms with Gasteiger partial charge in [-0.05, 0) is 98.2 Å². The maximum atomic E-state index is 13.3. The smallest absolute Gasteiger partial charge is 0.309 e. The first-order chi connectivity index (χ1) is 29.5. The van der Waals surface area contributed by atoms with Gasteiger partial charge in [-0.1, -0.05) is 12.2 Å². The summed E-state index contributed by atoms with van der Waals surface area (Å²) in [5, 5.41) is 0. The highest BCUT2D eigenvalue weighted by Gasteiger charge is 2.44. The molecule has 3 aromatic rings. The molecule has 2 aliphatic heterocycles. The van der Waals surface area contributed by atoms with Crippen molar-refractivity contribution in [3.8, 4) is 0 Å². The van der Waals surface area contributed by atoms with Gasteiger partial charge >= 0.3 is 35.8 Å². The van der Waals surface area contributed by atoms with Crippen molar-refractivity contribution in [1.29, 1.82) is 0 Å². The van der Waals surface area contributed by atoms with Crippen LogP contribution in [0, 0.1) is 13.8 Å². The van der Waals surface area contributed by atoms with E-state index in [1.165, 1.54) is 42.7 Å². The number of H-pyrrole nitrogens is 2. The Hall–Kier alpha value is -6.58. The third kappa shape index (κ3) is 9.64. The fourth-order valence-corrected chi connectivity index (χ4v) is 8.10. The molecular weight excluding hydrogens is 801 g/mol. The molecule has 16 heteroatoms. The Labute approximate surface area is 359 Å². The molecule has 2 aliphatic rings. The average Bonchev–Trinajstić information content (AvgIpc) is 3.88. The second kappa shape index (κ2) is 19.4. The third-order valence-electron chi connectivity index (χ3n) is 11.8. The molecule has 2 atom stereocenters. The first-order valence-corrected chi connectivity index (χ1v) is 20.0. The zero-order valence-corrected chi connectivity index (χ0v) is 36.9. The van der Waals surface area contributed by atoms with Crippen LogP contribution in [-0.2, 0) is 80.9 Å². The van der Waals surface area contributed by atoms with E-state index in [1.807, 2.05) is 45.9 Å². The summed E-state index contributed by atoms with van der Waals surface area (Å²) in [6.07, 6.45) is 3.48. The summed E-state index contributed by atoms with van der Waals surface area (Å²) in [5.41, 5.74) is 6.10. The molecule has 5 rings (SSSR count). The van der Waals surface area contributed by atoms with Crippen molar-refractivity contribution in [2.75, 3.05) is 42.7 Å². The number of esters is 6. The summed E-state index contributed by atoms with van der Waals surface area (Å²) >= 11 is 0. The highest BCUT2D eigenvalue weighted by molar-refractivity contribution is 5.89. The van der Waals surface area contributed by atoms with Crippen LogP contribution in [-0.4, -0.2) is 98.4 Å². The van der Waals surface area contributed by atoms with Crippen molar-refractivity contribution in [3.05, 3.63) is 81.4 Å². The fraction of sp³-hybridized carbons (Fsp3) is 0.435. The van der Waals surface area contributed by atoms with E-state index in [1.54, 1.807) is 18.2 Å². The lowest BCUT2D eigenvalue weighted by Gasteiger charge is -2.26. The lowest BCUT2D eigenvalue weighted by molar-refractivity contribution is -0.142. The number of hydrogen-bond acceptors (Lipinski definition) is 14. The number of rotatable bonds is 14. The molecule has 0 spiro atoms. The van der Waals surface area contributed by atoms with Crippen LogP contribution in [0.25, 0.3) is 33.2 Å². The second-order valence-corrected chi connectivity index (χ2v) is 15.6. The lowest BCUT2D eigenvalue weighted by atomic mass is 9.74. The summed E-state index contributed by atoms with van der Waals surface area (Å²) in [6.45, 7) is 7.48. The normalized spacial score (nSPS) is 18.3. The number of nitrogens with zero attached hydrogens (tertiary/aromatic N) is 2. The van der Waals surface area contributed by atoms with E-state index in [4.69, 9.17) is 38.4 Å². The van der Waals surface area contributed by atoms with Gasteiger partial charge in [-0.15, -0.1) is 0 Å². The number of aromatic nitrogens is 4. The van der Waals surface area contributed by atoms with Crippen LogP contribution < -0.4 is 0 Å². The van der Waals surface area contributed by atoms with E-state index < -0.39 is 46.6 Å². The number of aryl methyl sites for hydroxylation is 4. The highest BCUT2D eigenvalue weighted by Crippen LogP contribution is 2.48. The summed E-state index contributed by atoms with van der Waals surface area (Å²) < 4.78 is 30.4. The van der Waals surface area contributed by atoms with Gasteiger partial charge in [0, 0.05) is 45.7 Å². The predicted octanol–water partition coefficient (Wildman–Crippen LogP) is 6.08. The van der Waals surface area contributed by atoms with Gasteiger partial charge < -0.3 is 38.4 Å². The molecule has 3 aromatic heterocycles. The minimum atomic E-state index is -1.20. The largest absolute Gasteiger partial charge is 0.469 e. The number of carbonyl (C=O) groups is 6. The van der Waals surface area contributed by atoms with Gasteiger partial charge in [0.05, 0.1) is 91.1 Å². The molecule has 0 saturated carbocycles. The molecule has 2 N–H and O–H groups in total. The molecule has 62 heavy (non-hydrogen) atoms. The number of methoxy groups -OCH3 is 6. The van der Waals surface area contributed by atoms with E-state index in [0.29, 0.717) is 68.8 Å². The Morgan fingerprint density at radius 1 is 0.516 bits per heavy atom. The van der Waals surface area contributed by atoms with E-state index >= 15 is 0 Å². The summed E-state index contributed by atoms with van der Waals surface area (Å²) in [5.74, 6) is -2.91. The Kier molecular flexibility index (Phi) is 14.6. The quantitative estimate of drug-likeness (QED) is 0.139. The van der Waals surface area contributed by atoms with Gasteiger partial charge in [0.15, 0.2) is 0 Å². The van der Waals surface area contributed by atoms with E-state index in [-0.39, 0.29) is 38.5 Å². The molecule has 0 aliphatic carbocycles. The minimum absolute atomic E-state index is 0.0885. The highest BCUT2D eigenvalue weighted by atomic mass is 16.5. The minimum Gasteiger partial charge on any atom is -0.469 e. The van der Waals surface area contributed by atoms with Gasteiger partial charge in [-0.2, -0.15) is 0 Å². The maximum Gasteiger partial charge on any atom is 0.309 e. The zero-order valence-electron chi connectivity index (χ0n) is 36.9. The number of hydrogen-bond donors (Lipinski definition) is 2. The number of carbonyl (C=O) groups excluding carboxylic acids is 6. The predicted molar refractivity (Wildman–Crippen MR) is 228 cm³/mol. The van der Waals surface area contributed by atoms with Crippen LogP contribution in [0.5, 0.6) is 0 Å². The third-order valence-corrected chi connectivity index (χ3v) is 11.8. The number of nitrogens with one attached hydrogen (secondary N) is 2. The van der Waals surface area contributed by atoms with E-state index in [0.717, 1.165) is 22.3 Å². The molecule has 0 unspecified atom stereocenters. The fourth-order valence-electron chi connectivity index (χ4n) is 8.10. The van der Waals surface area contributed by atoms with Crippen molar-refractivity contribution in [2.24, 2.45) is 0 Å². The molecule has 8 bridgehead atoms. The van der Waals surface area contributed by atoms with Crippen molar-refractivity contribution >= 4 is 69.0 Å². The van der Waals surface area contributed by atoms with Crippen molar-refractivity contribution < 1.29 is 57.2 Å². The number of aromatic amines is 2. The van der Waals surface area contributed by atoms with Crippen LogP contribution in [0.1, 0.15) is 97.4 Å². The van der Waals surface area contributed by atoms with Crippen LogP contribution in [0.2, 0.25) is 0 Å². The Balaban J connectivity index is 2.05. The molecule has 0 saturated heterocycles. The van der Waals surface area contributed by atoms with Gasteiger partial charge in [0.25, 0.3) is 0 Å². The van der Waals surface area contributed by atoms with Crippen LogP contribution >= 0.6 is 0 Å². The standard InChI is InChI=1S/C46H54N4O12/c1-25-27(11-15-39(51)57-5)33-20-34-28(12-16-40(52)58-6)26(2)32(48-34)21-37-46(4,24-44(56)62-10)30(14-18-42(54)60-8)36(50-37)22-38-45(3,23-43(55)61-9)29(13-17-41(53)59-7)35(49-38)19-31(25)47-33/h13-14,19-22,47-48H,11-12,15-18,23-24H2,1-10H3/b29-13+,30-14+,31-19?,32-21?,33-20?,34-20?,35-19?,36-22?,37-21?,38-22?/t45-,46-/m0/s1. The zero-order chi connectivity index (χ0) is 45.5. The monoisotopic (exact) mass is 854 g/mol. The Bertz CT molecular complexity index is 2530. The van der Waals surface area contributed by atoms with Crippen molar-refractivity contribution in [3.63, 3.8) is 0 Å². The SMILES string of the molecule is COC(=O)C/C=C1\c2cc3[nH]c(cc4[nH]c(cc5nc(cc(n2)[C@@]1(C)CC(=O)OC)/C(=C\CC(=O)OC)[C@]5(C)CC(=O)OC)c(C)c4CCC(=O)OC)c(CCC(=O)OC)c3C. The number of ether oxygens (including phenoxy) is 6. The summed E-state index contributed by atoms with van der Waals surface area (Å²) in [4.78, 5) is 94.2. The number of allylic oxidation sites excluding steroid dienone is 2.